The summed E-state index contributed by atoms with van der Waals surface area (Å²) in [7, 11) is 0. The van der Waals surface area contributed by atoms with Crippen molar-refractivity contribution in [3.05, 3.63) is 24.3 Å². The highest BCUT2D eigenvalue weighted by Gasteiger charge is 2.25. The molecule has 0 amide bonds. The van der Waals surface area contributed by atoms with Crippen LogP contribution in [0, 0.1) is 0 Å². The van der Waals surface area contributed by atoms with Gasteiger partial charge in [0.15, 0.2) is 6.10 Å². The molecule has 0 radical (unpaired) electrons. The van der Waals surface area contributed by atoms with Crippen LogP contribution < -0.4 is 10.1 Å². The number of fused-ring (bicyclic) bond motifs is 1. The van der Waals surface area contributed by atoms with Crippen molar-refractivity contribution >= 4 is 11.5 Å². The van der Waals surface area contributed by atoms with Gasteiger partial charge in [0.05, 0.1) is 12.2 Å². The molecule has 4 nitrogen and oxygen atoms in total. The number of Topliss-reactive ketones (excluding diaryl/α,β-unsaturated/α-hetero) is 1. The molecule has 92 valence electrons. The quantitative estimate of drug-likeness (QED) is 0.791. The van der Waals surface area contributed by atoms with E-state index in [1.165, 1.54) is 0 Å². The van der Waals surface area contributed by atoms with Crippen molar-refractivity contribution < 1.29 is 14.3 Å². The summed E-state index contributed by atoms with van der Waals surface area (Å²) >= 11 is 0. The Bertz CT molecular complexity index is 392. The van der Waals surface area contributed by atoms with Crippen molar-refractivity contribution in [1.29, 1.82) is 0 Å². The van der Waals surface area contributed by atoms with Gasteiger partial charge in [0, 0.05) is 6.61 Å². The SMILES string of the molecule is CCCOCC(=O)C1CNc2ccccc2O1. The summed E-state index contributed by atoms with van der Waals surface area (Å²) in [6.45, 7) is 3.26. The first-order chi connectivity index (χ1) is 8.31. The van der Waals surface area contributed by atoms with E-state index in [0.717, 1.165) is 17.9 Å². The van der Waals surface area contributed by atoms with Crippen molar-refractivity contribution in [2.45, 2.75) is 19.4 Å². The maximum Gasteiger partial charge on any atom is 0.200 e. The standard InChI is InChI=1S/C13H17NO3/c1-2-7-16-9-11(15)13-8-14-10-5-3-4-6-12(10)17-13/h3-6,13-14H,2,7-9H2,1H3. The van der Waals surface area contributed by atoms with Crippen LogP contribution in [0.3, 0.4) is 0 Å². The molecule has 17 heavy (non-hydrogen) atoms. The summed E-state index contributed by atoms with van der Waals surface area (Å²) in [5, 5.41) is 3.18. The number of benzene rings is 1. The molecule has 1 N–H and O–H groups in total. The van der Waals surface area contributed by atoms with Crippen molar-refractivity contribution in [3.63, 3.8) is 0 Å². The van der Waals surface area contributed by atoms with Gasteiger partial charge in [0.2, 0.25) is 5.78 Å². The molecular formula is C13H17NO3. The summed E-state index contributed by atoms with van der Waals surface area (Å²) in [5.74, 6) is 0.716. The van der Waals surface area contributed by atoms with Gasteiger partial charge >= 0.3 is 0 Å². The third-order valence-electron chi connectivity index (χ3n) is 2.59. The van der Waals surface area contributed by atoms with Gasteiger partial charge in [0.1, 0.15) is 12.4 Å². The third-order valence-corrected chi connectivity index (χ3v) is 2.59. The average Bonchev–Trinajstić information content (AvgIpc) is 2.38. The van der Waals surface area contributed by atoms with Crippen LogP contribution in [-0.2, 0) is 9.53 Å². The van der Waals surface area contributed by atoms with E-state index in [4.69, 9.17) is 9.47 Å². The van der Waals surface area contributed by atoms with Crippen LogP contribution in [-0.4, -0.2) is 31.6 Å². The molecule has 1 aromatic carbocycles. The molecule has 1 aliphatic rings. The minimum Gasteiger partial charge on any atom is -0.479 e. The van der Waals surface area contributed by atoms with Crippen LogP contribution in [0.25, 0.3) is 0 Å². The number of anilines is 1. The summed E-state index contributed by atoms with van der Waals surface area (Å²) < 4.78 is 10.9. The van der Waals surface area contributed by atoms with E-state index in [-0.39, 0.29) is 12.4 Å². The molecule has 0 fully saturated rings. The van der Waals surface area contributed by atoms with Gasteiger partial charge in [-0.2, -0.15) is 0 Å². The monoisotopic (exact) mass is 235 g/mol. The van der Waals surface area contributed by atoms with Crippen LogP contribution in [0.4, 0.5) is 5.69 Å². The van der Waals surface area contributed by atoms with E-state index in [2.05, 4.69) is 5.32 Å². The van der Waals surface area contributed by atoms with Crippen molar-refractivity contribution in [2.75, 3.05) is 25.1 Å². The fourth-order valence-electron chi connectivity index (χ4n) is 1.70. The lowest BCUT2D eigenvalue weighted by molar-refractivity contribution is -0.130. The van der Waals surface area contributed by atoms with Gasteiger partial charge in [-0.3, -0.25) is 4.79 Å². The van der Waals surface area contributed by atoms with Crippen LogP contribution >= 0.6 is 0 Å². The van der Waals surface area contributed by atoms with E-state index in [9.17, 15) is 4.79 Å². The Morgan fingerprint density at radius 3 is 3.18 bits per heavy atom. The molecule has 4 heteroatoms. The number of carbonyl (C=O) groups excluding carboxylic acids is 1. The number of nitrogens with one attached hydrogen (secondary N) is 1. The van der Waals surface area contributed by atoms with Gasteiger partial charge in [0.25, 0.3) is 0 Å². The lowest BCUT2D eigenvalue weighted by Gasteiger charge is -2.26. The Morgan fingerprint density at radius 2 is 2.35 bits per heavy atom. The molecule has 0 saturated heterocycles. The predicted molar refractivity (Wildman–Crippen MR) is 65.5 cm³/mol. The lowest BCUT2D eigenvalue weighted by Crippen LogP contribution is -2.39. The van der Waals surface area contributed by atoms with Crippen molar-refractivity contribution in [3.8, 4) is 5.75 Å². The molecule has 0 bridgehead atoms. The second-order valence-electron chi connectivity index (χ2n) is 4.00. The van der Waals surface area contributed by atoms with Gasteiger partial charge in [-0.1, -0.05) is 19.1 Å². The van der Waals surface area contributed by atoms with Gasteiger partial charge in [-0.05, 0) is 18.6 Å². The van der Waals surface area contributed by atoms with E-state index < -0.39 is 6.10 Å². The molecular weight excluding hydrogens is 218 g/mol. The number of carbonyl (C=O) groups is 1. The number of hydrogen-bond donors (Lipinski definition) is 1. The Balaban J connectivity index is 1.91. The Kier molecular flexibility index (Phi) is 3.98. The van der Waals surface area contributed by atoms with Crippen LogP contribution in [0.1, 0.15) is 13.3 Å². The second-order valence-corrected chi connectivity index (χ2v) is 4.00. The molecule has 2 rings (SSSR count). The fraction of sp³-hybridized carbons (Fsp3) is 0.462. The maximum atomic E-state index is 11.8. The van der Waals surface area contributed by atoms with E-state index in [1.807, 2.05) is 31.2 Å². The molecule has 0 aromatic heterocycles. The van der Waals surface area contributed by atoms with Gasteiger partial charge < -0.3 is 14.8 Å². The van der Waals surface area contributed by atoms with Gasteiger partial charge in [-0.15, -0.1) is 0 Å². The predicted octanol–water partition coefficient (Wildman–Crippen LogP) is 1.86. The zero-order chi connectivity index (χ0) is 12.1. The van der Waals surface area contributed by atoms with Gasteiger partial charge in [-0.25, -0.2) is 0 Å². The first kappa shape index (κ1) is 11.9. The highest BCUT2D eigenvalue weighted by atomic mass is 16.5. The molecule has 0 saturated carbocycles. The van der Waals surface area contributed by atoms with Crippen molar-refractivity contribution in [1.82, 2.24) is 0 Å². The van der Waals surface area contributed by atoms with Crippen LogP contribution in [0.5, 0.6) is 5.75 Å². The van der Waals surface area contributed by atoms with E-state index >= 15 is 0 Å². The number of ketones is 1. The van der Waals surface area contributed by atoms with Crippen LogP contribution in [0.15, 0.2) is 24.3 Å². The highest BCUT2D eigenvalue weighted by Crippen LogP contribution is 2.28. The number of rotatable bonds is 5. The lowest BCUT2D eigenvalue weighted by atomic mass is 10.2. The molecule has 0 aliphatic carbocycles. The topological polar surface area (TPSA) is 47.6 Å². The molecule has 0 spiro atoms. The number of hydrogen-bond acceptors (Lipinski definition) is 4. The number of ether oxygens (including phenoxy) is 2. The Hall–Kier alpha value is -1.55. The second kappa shape index (κ2) is 5.68. The third kappa shape index (κ3) is 2.97. The first-order valence-electron chi connectivity index (χ1n) is 5.91. The highest BCUT2D eigenvalue weighted by molar-refractivity contribution is 5.86. The molecule has 1 aliphatic heterocycles. The minimum atomic E-state index is -0.443. The minimum absolute atomic E-state index is 0.0135. The Morgan fingerprint density at radius 1 is 1.53 bits per heavy atom. The molecule has 1 aromatic rings. The first-order valence-corrected chi connectivity index (χ1v) is 5.91. The summed E-state index contributed by atoms with van der Waals surface area (Å²) in [5.41, 5.74) is 0.936. The summed E-state index contributed by atoms with van der Waals surface area (Å²) in [6.07, 6.45) is 0.474. The maximum absolute atomic E-state index is 11.8. The largest absolute Gasteiger partial charge is 0.479 e. The van der Waals surface area contributed by atoms with Crippen molar-refractivity contribution in [2.24, 2.45) is 0 Å². The zero-order valence-electron chi connectivity index (χ0n) is 9.94. The average molecular weight is 235 g/mol. The fourth-order valence-corrected chi connectivity index (χ4v) is 1.70. The van der Waals surface area contributed by atoms with E-state index in [1.54, 1.807) is 0 Å². The van der Waals surface area contributed by atoms with Crippen LogP contribution in [0.2, 0.25) is 0 Å². The Labute approximate surface area is 101 Å². The summed E-state index contributed by atoms with van der Waals surface area (Å²) in [6, 6.07) is 7.61. The smallest absolute Gasteiger partial charge is 0.200 e. The van der Waals surface area contributed by atoms with E-state index in [0.29, 0.717) is 13.2 Å². The normalized spacial score (nSPS) is 17.8. The zero-order valence-corrected chi connectivity index (χ0v) is 9.94. The summed E-state index contributed by atoms with van der Waals surface area (Å²) in [4.78, 5) is 11.8. The molecule has 1 atom stereocenters. The molecule has 1 heterocycles. The number of para-hydroxylation sites is 2. The molecule has 1 unspecified atom stereocenters.